The van der Waals surface area contributed by atoms with E-state index in [9.17, 15) is 4.79 Å². The lowest BCUT2D eigenvalue weighted by Crippen LogP contribution is -2.00. The van der Waals surface area contributed by atoms with Crippen LogP contribution in [0.2, 0.25) is 0 Å². The smallest absolute Gasteiger partial charge is 0.164 e. The van der Waals surface area contributed by atoms with Crippen LogP contribution in [0, 0.1) is 0 Å². The summed E-state index contributed by atoms with van der Waals surface area (Å²) in [6.07, 6.45) is 5.01. The Labute approximate surface area is 107 Å². The lowest BCUT2D eigenvalue weighted by molar-refractivity contribution is 0.0983. The van der Waals surface area contributed by atoms with Crippen molar-refractivity contribution in [1.29, 1.82) is 0 Å². The van der Waals surface area contributed by atoms with Gasteiger partial charge in [-0.05, 0) is 30.2 Å². The van der Waals surface area contributed by atoms with Gasteiger partial charge in [0.25, 0.3) is 0 Å². The number of ether oxygens (including phenoxy) is 1. The number of aryl methyl sites for hydroxylation is 2. The summed E-state index contributed by atoms with van der Waals surface area (Å²) in [6, 6.07) is 9.69. The van der Waals surface area contributed by atoms with E-state index in [2.05, 4.69) is 0 Å². The van der Waals surface area contributed by atoms with E-state index in [0.29, 0.717) is 6.42 Å². The van der Waals surface area contributed by atoms with Gasteiger partial charge in [0.15, 0.2) is 5.78 Å². The number of benzene rings is 1. The summed E-state index contributed by atoms with van der Waals surface area (Å²) in [5.74, 6) is 1.01. The van der Waals surface area contributed by atoms with Gasteiger partial charge in [-0.3, -0.25) is 4.79 Å². The van der Waals surface area contributed by atoms with Gasteiger partial charge in [-0.2, -0.15) is 0 Å². The van der Waals surface area contributed by atoms with E-state index in [0.717, 1.165) is 23.3 Å². The van der Waals surface area contributed by atoms with Gasteiger partial charge in [0.05, 0.1) is 7.11 Å². The molecule has 3 heteroatoms. The largest absolute Gasteiger partial charge is 0.497 e. The second-order valence-electron chi connectivity index (χ2n) is 4.34. The second-order valence-corrected chi connectivity index (χ2v) is 4.34. The van der Waals surface area contributed by atoms with Crippen molar-refractivity contribution in [2.24, 2.45) is 7.05 Å². The highest BCUT2D eigenvalue weighted by Gasteiger charge is 2.07. The highest BCUT2D eigenvalue weighted by atomic mass is 16.5. The van der Waals surface area contributed by atoms with Crippen molar-refractivity contribution in [1.82, 2.24) is 4.57 Å². The van der Waals surface area contributed by atoms with Crippen LogP contribution in [0.15, 0.2) is 42.7 Å². The lowest BCUT2D eigenvalue weighted by Gasteiger charge is -2.03. The van der Waals surface area contributed by atoms with Gasteiger partial charge in [0, 0.05) is 31.4 Å². The third-order valence-corrected chi connectivity index (χ3v) is 2.93. The van der Waals surface area contributed by atoms with Gasteiger partial charge in [0.2, 0.25) is 0 Å². The molecule has 0 atom stereocenters. The summed E-state index contributed by atoms with van der Waals surface area (Å²) in [6.45, 7) is 0. The van der Waals surface area contributed by atoms with E-state index in [4.69, 9.17) is 4.74 Å². The molecule has 0 spiro atoms. The van der Waals surface area contributed by atoms with Crippen molar-refractivity contribution in [3.05, 3.63) is 53.9 Å². The number of carbonyl (C=O) groups excluding carboxylic acids is 1. The third kappa shape index (κ3) is 3.00. The molecule has 18 heavy (non-hydrogen) atoms. The van der Waals surface area contributed by atoms with E-state index in [1.54, 1.807) is 7.11 Å². The lowest BCUT2D eigenvalue weighted by atomic mass is 10.0. The van der Waals surface area contributed by atoms with Gasteiger partial charge in [-0.1, -0.05) is 12.1 Å². The Morgan fingerprint density at radius 1 is 1.33 bits per heavy atom. The number of nitrogens with zero attached hydrogens (tertiary/aromatic N) is 1. The normalized spacial score (nSPS) is 10.3. The highest BCUT2D eigenvalue weighted by Crippen LogP contribution is 2.15. The zero-order chi connectivity index (χ0) is 13.0. The van der Waals surface area contributed by atoms with Crippen molar-refractivity contribution in [3.63, 3.8) is 0 Å². The quantitative estimate of drug-likeness (QED) is 0.756. The molecule has 0 radical (unpaired) electrons. The van der Waals surface area contributed by atoms with Crippen LogP contribution in [0.5, 0.6) is 5.75 Å². The molecule has 1 aromatic heterocycles. The SMILES string of the molecule is COc1cccc(CCC(=O)c2ccn(C)c2)c1. The van der Waals surface area contributed by atoms with Gasteiger partial charge in [0.1, 0.15) is 5.75 Å². The van der Waals surface area contributed by atoms with E-state index >= 15 is 0 Å². The summed E-state index contributed by atoms with van der Waals surface area (Å²) in [7, 11) is 3.56. The fourth-order valence-electron chi connectivity index (χ4n) is 1.90. The number of hydrogen-bond donors (Lipinski definition) is 0. The summed E-state index contributed by atoms with van der Waals surface area (Å²) in [4.78, 5) is 11.9. The minimum atomic E-state index is 0.179. The zero-order valence-corrected chi connectivity index (χ0v) is 10.7. The molecule has 3 nitrogen and oxygen atoms in total. The van der Waals surface area contributed by atoms with Gasteiger partial charge < -0.3 is 9.30 Å². The third-order valence-electron chi connectivity index (χ3n) is 2.93. The Kier molecular flexibility index (Phi) is 3.82. The average molecular weight is 243 g/mol. The molecule has 0 amide bonds. The van der Waals surface area contributed by atoms with Crippen LogP contribution in [0.4, 0.5) is 0 Å². The Morgan fingerprint density at radius 2 is 2.17 bits per heavy atom. The molecule has 0 saturated heterocycles. The van der Waals surface area contributed by atoms with Crippen LogP contribution in [0.1, 0.15) is 22.3 Å². The molecule has 0 saturated carbocycles. The maximum absolute atomic E-state index is 11.9. The van der Waals surface area contributed by atoms with E-state index in [1.165, 1.54) is 0 Å². The number of Topliss-reactive ketones (excluding diaryl/α,β-unsaturated/α-hetero) is 1. The maximum atomic E-state index is 11.9. The Hall–Kier alpha value is -2.03. The fourth-order valence-corrected chi connectivity index (χ4v) is 1.90. The van der Waals surface area contributed by atoms with E-state index < -0.39 is 0 Å². The van der Waals surface area contributed by atoms with Crippen molar-refractivity contribution < 1.29 is 9.53 Å². The average Bonchev–Trinajstić information content (AvgIpc) is 2.83. The predicted octanol–water partition coefficient (Wildman–Crippen LogP) is 2.85. The predicted molar refractivity (Wildman–Crippen MR) is 71.1 cm³/mol. The number of carbonyl (C=O) groups is 1. The molecule has 0 aliphatic rings. The molecular formula is C15H17NO2. The van der Waals surface area contributed by atoms with Crippen molar-refractivity contribution >= 4 is 5.78 Å². The van der Waals surface area contributed by atoms with Crippen LogP contribution >= 0.6 is 0 Å². The molecule has 0 aliphatic heterocycles. The molecule has 2 rings (SSSR count). The second kappa shape index (κ2) is 5.54. The Balaban J connectivity index is 1.97. The molecule has 2 aromatic rings. The molecule has 94 valence electrons. The summed E-state index contributed by atoms with van der Waals surface area (Å²) in [5.41, 5.74) is 1.90. The van der Waals surface area contributed by atoms with Crippen molar-refractivity contribution in [2.45, 2.75) is 12.8 Å². The summed E-state index contributed by atoms with van der Waals surface area (Å²) >= 11 is 0. The van der Waals surface area contributed by atoms with Crippen LogP contribution < -0.4 is 4.74 Å². The first-order valence-electron chi connectivity index (χ1n) is 5.97. The Morgan fingerprint density at radius 3 is 2.83 bits per heavy atom. The zero-order valence-electron chi connectivity index (χ0n) is 10.7. The molecule has 0 bridgehead atoms. The molecule has 1 aromatic carbocycles. The maximum Gasteiger partial charge on any atom is 0.164 e. The molecule has 1 heterocycles. The monoisotopic (exact) mass is 243 g/mol. The first-order valence-corrected chi connectivity index (χ1v) is 5.97. The van der Waals surface area contributed by atoms with Crippen LogP contribution in [0.25, 0.3) is 0 Å². The van der Waals surface area contributed by atoms with E-state index in [-0.39, 0.29) is 5.78 Å². The minimum Gasteiger partial charge on any atom is -0.497 e. The number of rotatable bonds is 5. The van der Waals surface area contributed by atoms with Gasteiger partial charge in [-0.25, -0.2) is 0 Å². The van der Waals surface area contributed by atoms with Crippen LogP contribution in [-0.2, 0) is 13.5 Å². The molecule has 0 aliphatic carbocycles. The van der Waals surface area contributed by atoms with Crippen LogP contribution in [0.3, 0.4) is 0 Å². The minimum absolute atomic E-state index is 0.179. The van der Waals surface area contributed by atoms with Crippen molar-refractivity contribution in [3.8, 4) is 5.75 Å². The number of aromatic nitrogens is 1. The number of methoxy groups -OCH3 is 1. The van der Waals surface area contributed by atoms with E-state index in [1.807, 2.05) is 54.3 Å². The standard InChI is InChI=1S/C15H17NO2/c1-16-9-8-13(11-16)15(17)7-6-12-4-3-5-14(10-12)18-2/h3-5,8-11H,6-7H2,1-2H3. The summed E-state index contributed by atoms with van der Waals surface area (Å²) < 4.78 is 7.05. The van der Waals surface area contributed by atoms with Gasteiger partial charge >= 0.3 is 0 Å². The molecule has 0 N–H and O–H groups in total. The number of hydrogen-bond acceptors (Lipinski definition) is 2. The molecular weight excluding hydrogens is 226 g/mol. The van der Waals surface area contributed by atoms with Gasteiger partial charge in [-0.15, -0.1) is 0 Å². The highest BCUT2D eigenvalue weighted by molar-refractivity contribution is 5.96. The summed E-state index contributed by atoms with van der Waals surface area (Å²) in [5, 5.41) is 0. The first kappa shape index (κ1) is 12.4. The molecule has 0 fully saturated rings. The topological polar surface area (TPSA) is 31.2 Å². The fraction of sp³-hybridized carbons (Fsp3) is 0.267. The Bertz CT molecular complexity index is 543. The van der Waals surface area contributed by atoms with Crippen molar-refractivity contribution in [2.75, 3.05) is 7.11 Å². The number of ketones is 1. The molecule has 0 unspecified atom stereocenters. The van der Waals surface area contributed by atoms with Crippen LogP contribution in [-0.4, -0.2) is 17.5 Å². The first-order chi connectivity index (χ1) is 8.69.